The monoisotopic (exact) mass is 411 g/mol. The van der Waals surface area contributed by atoms with Gasteiger partial charge in [-0.1, -0.05) is 109 Å². The third-order valence-electron chi connectivity index (χ3n) is 6.07. The molecule has 0 spiro atoms. The number of nitrogens with zero attached hydrogens (tertiary/aromatic N) is 1. The molecule has 0 aliphatic carbocycles. The lowest BCUT2D eigenvalue weighted by atomic mass is 9.89. The highest BCUT2D eigenvalue weighted by Gasteiger charge is 2.13. The molecule has 0 aromatic heterocycles. The van der Waals surface area contributed by atoms with Crippen LogP contribution in [0.25, 0.3) is 44.3 Å². The number of fused-ring (bicyclic) bond motifs is 3. The lowest BCUT2D eigenvalue weighted by Gasteiger charge is -2.15. The summed E-state index contributed by atoms with van der Waals surface area (Å²) in [5.74, 6) is 0. The van der Waals surface area contributed by atoms with E-state index in [2.05, 4.69) is 121 Å². The molecule has 0 radical (unpaired) electrons. The largest absolute Gasteiger partial charge is 0.296 e. The minimum Gasteiger partial charge on any atom is -0.296 e. The van der Waals surface area contributed by atoms with E-state index in [0.717, 1.165) is 0 Å². The summed E-state index contributed by atoms with van der Waals surface area (Å²) in [7, 11) is 1.84. The Morgan fingerprint density at radius 2 is 1.12 bits per heavy atom. The lowest BCUT2D eigenvalue weighted by Crippen LogP contribution is -1.94. The maximum Gasteiger partial charge on any atom is 0.0293 e. The highest BCUT2D eigenvalue weighted by molar-refractivity contribution is 6.19. The molecule has 5 aromatic rings. The van der Waals surface area contributed by atoms with Crippen molar-refractivity contribution < 1.29 is 0 Å². The maximum atomic E-state index is 4.41. The van der Waals surface area contributed by atoms with Gasteiger partial charge in [0.05, 0.1) is 0 Å². The molecule has 0 heterocycles. The van der Waals surface area contributed by atoms with Gasteiger partial charge < -0.3 is 0 Å². The summed E-state index contributed by atoms with van der Waals surface area (Å²) in [6.45, 7) is 2.21. The molecule has 5 rings (SSSR count). The Morgan fingerprint density at radius 3 is 1.78 bits per heavy atom. The minimum atomic E-state index is 1.17. The molecule has 0 aliphatic rings. The van der Waals surface area contributed by atoms with Gasteiger partial charge in [0.2, 0.25) is 0 Å². The Balaban J connectivity index is 1.80. The Morgan fingerprint density at radius 1 is 0.594 bits per heavy atom. The summed E-state index contributed by atoms with van der Waals surface area (Å²) in [5, 5.41) is 5.01. The van der Waals surface area contributed by atoms with Gasteiger partial charge in [0.25, 0.3) is 0 Å². The van der Waals surface area contributed by atoms with Crippen LogP contribution in [0.1, 0.15) is 23.6 Å². The number of hydrogen-bond donors (Lipinski definition) is 0. The second kappa shape index (κ2) is 8.64. The van der Waals surface area contributed by atoms with Crippen LogP contribution in [0, 0.1) is 0 Å². The summed E-state index contributed by atoms with van der Waals surface area (Å²) in [6, 6.07) is 36.5. The molecule has 32 heavy (non-hydrogen) atoms. The summed E-state index contributed by atoms with van der Waals surface area (Å²) in [4.78, 5) is 4.41. The molecular formula is C31H25N. The molecule has 5 aromatic carbocycles. The van der Waals surface area contributed by atoms with E-state index in [1.54, 1.807) is 0 Å². The van der Waals surface area contributed by atoms with Gasteiger partial charge in [0, 0.05) is 18.8 Å². The van der Waals surface area contributed by atoms with Crippen molar-refractivity contribution in [2.24, 2.45) is 4.99 Å². The van der Waals surface area contributed by atoms with Crippen molar-refractivity contribution in [1.82, 2.24) is 0 Å². The van der Waals surface area contributed by atoms with Crippen molar-refractivity contribution >= 4 is 39.4 Å². The summed E-state index contributed by atoms with van der Waals surface area (Å²) >= 11 is 0. The van der Waals surface area contributed by atoms with Crippen molar-refractivity contribution in [2.45, 2.75) is 6.92 Å². The average Bonchev–Trinajstić information content (AvgIpc) is 2.86. The molecule has 0 atom stereocenters. The molecule has 0 amide bonds. The molecule has 0 saturated carbocycles. The highest BCUT2D eigenvalue weighted by Crippen LogP contribution is 2.36. The van der Waals surface area contributed by atoms with Gasteiger partial charge in [0.1, 0.15) is 0 Å². The van der Waals surface area contributed by atoms with Crippen LogP contribution in [0.4, 0.5) is 0 Å². The molecule has 0 unspecified atom stereocenters. The fourth-order valence-electron chi connectivity index (χ4n) is 4.61. The fourth-order valence-corrected chi connectivity index (χ4v) is 4.61. The lowest BCUT2D eigenvalue weighted by molar-refractivity contribution is 1.47. The Labute approximate surface area is 189 Å². The average molecular weight is 412 g/mol. The van der Waals surface area contributed by atoms with E-state index in [1.807, 2.05) is 13.3 Å². The SMILES string of the molecule is C/N=C/c1c(/C=C(\C)c2ccccc2-c2ccccc2)c2ccccc2c2ccccc12. The first-order valence-corrected chi connectivity index (χ1v) is 11.0. The van der Waals surface area contributed by atoms with Crippen molar-refractivity contribution in [3.8, 4) is 11.1 Å². The van der Waals surface area contributed by atoms with Crippen LogP contribution in [-0.4, -0.2) is 13.3 Å². The van der Waals surface area contributed by atoms with E-state index in [0.29, 0.717) is 0 Å². The minimum absolute atomic E-state index is 1.17. The van der Waals surface area contributed by atoms with Crippen LogP contribution in [0.5, 0.6) is 0 Å². The summed E-state index contributed by atoms with van der Waals surface area (Å²) in [5.41, 5.74) is 7.33. The molecular weight excluding hydrogens is 386 g/mol. The first kappa shape index (κ1) is 20.0. The van der Waals surface area contributed by atoms with E-state index >= 15 is 0 Å². The zero-order valence-corrected chi connectivity index (χ0v) is 18.4. The summed E-state index contributed by atoms with van der Waals surface area (Å²) < 4.78 is 0. The zero-order chi connectivity index (χ0) is 21.9. The zero-order valence-electron chi connectivity index (χ0n) is 18.4. The van der Waals surface area contributed by atoms with Gasteiger partial charge in [-0.3, -0.25) is 4.99 Å². The Hall–Kier alpha value is -3.97. The van der Waals surface area contributed by atoms with Gasteiger partial charge in [-0.2, -0.15) is 0 Å². The second-order valence-electron chi connectivity index (χ2n) is 8.04. The maximum absolute atomic E-state index is 4.41. The van der Waals surface area contributed by atoms with E-state index in [-0.39, 0.29) is 0 Å². The number of allylic oxidation sites excluding steroid dienone is 1. The van der Waals surface area contributed by atoms with E-state index in [9.17, 15) is 0 Å². The number of aliphatic imine (C=N–C) groups is 1. The first-order chi connectivity index (χ1) is 15.8. The molecule has 0 bridgehead atoms. The molecule has 0 N–H and O–H groups in total. The van der Waals surface area contributed by atoms with Gasteiger partial charge in [-0.25, -0.2) is 0 Å². The molecule has 0 fully saturated rings. The number of hydrogen-bond acceptors (Lipinski definition) is 1. The van der Waals surface area contributed by atoms with Crippen LogP contribution in [0.15, 0.2) is 108 Å². The van der Waals surface area contributed by atoms with E-state index < -0.39 is 0 Å². The topological polar surface area (TPSA) is 12.4 Å². The Bertz CT molecular complexity index is 1470. The van der Waals surface area contributed by atoms with Crippen molar-refractivity contribution in [3.63, 3.8) is 0 Å². The molecule has 0 aliphatic heterocycles. The fraction of sp³-hybridized carbons (Fsp3) is 0.0645. The van der Waals surface area contributed by atoms with E-state index in [4.69, 9.17) is 0 Å². The molecule has 1 nitrogen and oxygen atoms in total. The van der Waals surface area contributed by atoms with Crippen LogP contribution in [0.2, 0.25) is 0 Å². The third-order valence-corrected chi connectivity index (χ3v) is 6.07. The standard InChI is InChI=1S/C31H25N/c1-22(24-14-6-7-15-25(24)23-12-4-3-5-13-23)20-30-28-18-10-8-16-26(28)27-17-9-11-19-29(27)31(30)21-32-2/h3-21H,1-2H3/b22-20+,32-21+. The van der Waals surface area contributed by atoms with Crippen LogP contribution >= 0.6 is 0 Å². The van der Waals surface area contributed by atoms with Crippen LogP contribution < -0.4 is 0 Å². The number of rotatable bonds is 4. The number of benzene rings is 5. The first-order valence-electron chi connectivity index (χ1n) is 11.0. The van der Waals surface area contributed by atoms with Crippen molar-refractivity contribution in [1.29, 1.82) is 0 Å². The van der Waals surface area contributed by atoms with E-state index in [1.165, 1.54) is 54.9 Å². The summed E-state index contributed by atoms with van der Waals surface area (Å²) in [6.07, 6.45) is 4.32. The van der Waals surface area contributed by atoms with Crippen molar-refractivity contribution in [2.75, 3.05) is 7.05 Å². The van der Waals surface area contributed by atoms with Gasteiger partial charge in [-0.05, 0) is 56.3 Å². The molecule has 1 heteroatoms. The predicted octanol–water partition coefficient (Wildman–Crippen LogP) is 8.27. The highest BCUT2D eigenvalue weighted by atomic mass is 14.6. The van der Waals surface area contributed by atoms with Crippen LogP contribution in [0.3, 0.4) is 0 Å². The molecule has 0 saturated heterocycles. The van der Waals surface area contributed by atoms with Gasteiger partial charge >= 0.3 is 0 Å². The normalized spacial score (nSPS) is 12.1. The predicted molar refractivity (Wildman–Crippen MR) is 140 cm³/mol. The second-order valence-corrected chi connectivity index (χ2v) is 8.04. The third kappa shape index (κ3) is 3.52. The van der Waals surface area contributed by atoms with Crippen molar-refractivity contribution in [3.05, 3.63) is 120 Å². The van der Waals surface area contributed by atoms with Gasteiger partial charge in [-0.15, -0.1) is 0 Å². The van der Waals surface area contributed by atoms with Crippen LogP contribution in [-0.2, 0) is 0 Å². The quantitative estimate of drug-likeness (QED) is 0.160. The Kier molecular flexibility index (Phi) is 5.39. The molecule has 154 valence electrons. The smallest absolute Gasteiger partial charge is 0.0293 e. The van der Waals surface area contributed by atoms with Gasteiger partial charge in [0.15, 0.2) is 0 Å².